The molecule has 5 nitrogen and oxygen atoms in total. The Morgan fingerprint density at radius 1 is 1.75 bits per heavy atom. The van der Waals surface area contributed by atoms with Crippen LogP contribution < -0.4 is 0 Å². The molecule has 0 aliphatic rings. The summed E-state index contributed by atoms with van der Waals surface area (Å²) in [6.07, 6.45) is 0.649. The van der Waals surface area contributed by atoms with E-state index in [1.54, 1.807) is 0 Å². The van der Waals surface area contributed by atoms with Crippen molar-refractivity contribution in [1.82, 2.24) is 10.1 Å². The van der Waals surface area contributed by atoms with Gasteiger partial charge in [0.25, 0.3) is 0 Å². The Morgan fingerprint density at radius 2 is 2.42 bits per heavy atom. The molecule has 1 unspecified atom stereocenters. The van der Waals surface area contributed by atoms with E-state index >= 15 is 0 Å². The van der Waals surface area contributed by atoms with Crippen molar-refractivity contribution < 1.29 is 14.4 Å². The summed E-state index contributed by atoms with van der Waals surface area (Å²) < 4.78 is 4.74. The van der Waals surface area contributed by atoms with E-state index < -0.39 is 11.9 Å². The first-order valence-corrected chi connectivity index (χ1v) is 3.70. The number of aliphatic carboxylic acids is 1. The van der Waals surface area contributed by atoms with Crippen LogP contribution in [-0.4, -0.2) is 21.2 Å². The molecule has 0 aliphatic heterocycles. The maximum atomic E-state index is 10.5. The third-order valence-electron chi connectivity index (χ3n) is 1.54. The number of nitrogens with zero attached hydrogens (tertiary/aromatic N) is 2. The van der Waals surface area contributed by atoms with Gasteiger partial charge in [0.15, 0.2) is 5.82 Å². The first-order valence-electron chi connectivity index (χ1n) is 3.70. The Morgan fingerprint density at radius 3 is 2.83 bits per heavy atom. The van der Waals surface area contributed by atoms with Crippen molar-refractivity contribution >= 4 is 5.97 Å². The van der Waals surface area contributed by atoms with Crippen molar-refractivity contribution in [1.29, 1.82) is 0 Å². The number of hydrogen-bond donors (Lipinski definition) is 1. The third kappa shape index (κ3) is 1.61. The van der Waals surface area contributed by atoms with Crippen molar-refractivity contribution in [2.75, 3.05) is 0 Å². The van der Waals surface area contributed by atoms with Crippen LogP contribution in [0.15, 0.2) is 4.52 Å². The molecule has 0 aliphatic carbocycles. The molecule has 1 atom stereocenters. The van der Waals surface area contributed by atoms with Gasteiger partial charge in [0.05, 0.1) is 0 Å². The molecule has 1 aromatic rings. The summed E-state index contributed by atoms with van der Waals surface area (Å²) in [4.78, 5) is 14.4. The molecule has 0 fully saturated rings. The number of carbonyl (C=O) groups is 1. The van der Waals surface area contributed by atoms with E-state index in [1.165, 1.54) is 6.92 Å². The van der Waals surface area contributed by atoms with Gasteiger partial charge in [-0.2, -0.15) is 4.98 Å². The van der Waals surface area contributed by atoms with Crippen LogP contribution in [0.3, 0.4) is 0 Å². The predicted octanol–water partition coefficient (Wildman–Crippen LogP) is 0.820. The van der Waals surface area contributed by atoms with Crippen LogP contribution in [-0.2, 0) is 11.2 Å². The minimum atomic E-state index is -0.957. The van der Waals surface area contributed by atoms with E-state index in [0.717, 1.165) is 0 Å². The summed E-state index contributed by atoms with van der Waals surface area (Å²) >= 11 is 0. The first-order chi connectivity index (χ1) is 5.65. The standard InChI is InChI=1S/C7H10N2O3/c1-3-5-8-6(12-9-5)4(2)7(10)11/h4H,3H2,1-2H3,(H,10,11). The zero-order chi connectivity index (χ0) is 9.14. The number of carboxylic acid groups (broad SMARTS) is 1. The zero-order valence-corrected chi connectivity index (χ0v) is 6.94. The minimum absolute atomic E-state index is 0.166. The molecule has 0 aromatic carbocycles. The minimum Gasteiger partial charge on any atom is -0.481 e. The van der Waals surface area contributed by atoms with E-state index in [0.29, 0.717) is 12.2 Å². The molecule has 1 heterocycles. The molecule has 0 saturated heterocycles. The highest BCUT2D eigenvalue weighted by Crippen LogP contribution is 2.12. The highest BCUT2D eigenvalue weighted by Gasteiger charge is 2.20. The molecule has 1 aromatic heterocycles. The van der Waals surface area contributed by atoms with Crippen molar-refractivity contribution in [2.45, 2.75) is 26.2 Å². The lowest BCUT2D eigenvalue weighted by atomic mass is 10.2. The van der Waals surface area contributed by atoms with Crippen LogP contribution >= 0.6 is 0 Å². The second kappa shape index (κ2) is 3.34. The van der Waals surface area contributed by atoms with Gasteiger partial charge in [-0.05, 0) is 6.92 Å². The lowest BCUT2D eigenvalue weighted by Gasteiger charge is -1.96. The molecule has 5 heteroatoms. The summed E-state index contributed by atoms with van der Waals surface area (Å²) in [5, 5.41) is 12.2. The third-order valence-corrected chi connectivity index (χ3v) is 1.54. The normalized spacial score (nSPS) is 12.8. The highest BCUT2D eigenvalue weighted by molar-refractivity contribution is 5.73. The zero-order valence-electron chi connectivity index (χ0n) is 6.94. The van der Waals surface area contributed by atoms with Crippen LogP contribution in [0.25, 0.3) is 0 Å². The van der Waals surface area contributed by atoms with E-state index in [-0.39, 0.29) is 5.89 Å². The van der Waals surface area contributed by atoms with Crippen molar-refractivity contribution in [3.8, 4) is 0 Å². The molecule has 12 heavy (non-hydrogen) atoms. The fourth-order valence-corrected chi connectivity index (χ4v) is 0.693. The SMILES string of the molecule is CCc1noc(C(C)C(=O)O)n1. The summed E-state index contributed by atoms with van der Waals surface area (Å²) in [7, 11) is 0. The van der Waals surface area contributed by atoms with Gasteiger partial charge in [-0.25, -0.2) is 0 Å². The van der Waals surface area contributed by atoms with Crippen LogP contribution in [0, 0.1) is 0 Å². The molecule has 0 radical (unpaired) electrons. The van der Waals surface area contributed by atoms with E-state index in [1.807, 2.05) is 6.92 Å². The van der Waals surface area contributed by atoms with Crippen LogP contribution in [0.5, 0.6) is 0 Å². The maximum absolute atomic E-state index is 10.5. The first kappa shape index (κ1) is 8.70. The van der Waals surface area contributed by atoms with Gasteiger partial charge >= 0.3 is 5.97 Å². The maximum Gasteiger partial charge on any atom is 0.315 e. The second-order valence-electron chi connectivity index (χ2n) is 2.46. The quantitative estimate of drug-likeness (QED) is 0.726. The predicted molar refractivity (Wildman–Crippen MR) is 39.7 cm³/mol. The molecule has 66 valence electrons. The smallest absolute Gasteiger partial charge is 0.315 e. The average Bonchev–Trinajstić information content (AvgIpc) is 2.50. The number of aromatic nitrogens is 2. The fourth-order valence-electron chi connectivity index (χ4n) is 0.693. The Balaban J connectivity index is 2.81. The molecule has 1 rings (SSSR count). The van der Waals surface area contributed by atoms with Crippen molar-refractivity contribution in [2.24, 2.45) is 0 Å². The van der Waals surface area contributed by atoms with E-state index in [4.69, 9.17) is 9.63 Å². The van der Waals surface area contributed by atoms with Crippen molar-refractivity contribution in [3.05, 3.63) is 11.7 Å². The molecule has 0 bridgehead atoms. The van der Waals surface area contributed by atoms with Crippen molar-refractivity contribution in [3.63, 3.8) is 0 Å². The van der Waals surface area contributed by atoms with Gasteiger partial charge in [0, 0.05) is 6.42 Å². The van der Waals surface area contributed by atoms with Gasteiger partial charge in [0.1, 0.15) is 5.92 Å². The highest BCUT2D eigenvalue weighted by atomic mass is 16.5. The van der Waals surface area contributed by atoms with Gasteiger partial charge < -0.3 is 9.63 Å². The number of rotatable bonds is 3. The lowest BCUT2D eigenvalue weighted by Crippen LogP contribution is -2.07. The Labute approximate surface area is 69.4 Å². The van der Waals surface area contributed by atoms with Crippen LogP contribution in [0.4, 0.5) is 0 Å². The number of hydrogen-bond acceptors (Lipinski definition) is 4. The summed E-state index contributed by atoms with van der Waals surface area (Å²) in [5.41, 5.74) is 0. The molecular weight excluding hydrogens is 160 g/mol. The average molecular weight is 170 g/mol. The second-order valence-corrected chi connectivity index (χ2v) is 2.46. The Hall–Kier alpha value is -1.39. The van der Waals surface area contributed by atoms with Gasteiger partial charge in [-0.15, -0.1) is 0 Å². The number of aryl methyl sites for hydroxylation is 1. The fraction of sp³-hybridized carbons (Fsp3) is 0.571. The van der Waals surface area contributed by atoms with Crippen LogP contribution in [0.1, 0.15) is 31.5 Å². The van der Waals surface area contributed by atoms with E-state index in [2.05, 4.69) is 10.1 Å². The molecule has 0 amide bonds. The number of carboxylic acids is 1. The van der Waals surface area contributed by atoms with Gasteiger partial charge in [0.2, 0.25) is 5.89 Å². The molecule has 0 spiro atoms. The monoisotopic (exact) mass is 170 g/mol. The Kier molecular flexibility index (Phi) is 2.42. The van der Waals surface area contributed by atoms with Gasteiger partial charge in [-0.3, -0.25) is 4.79 Å². The molecule has 0 saturated carbocycles. The van der Waals surface area contributed by atoms with Gasteiger partial charge in [-0.1, -0.05) is 12.1 Å². The summed E-state index contributed by atoms with van der Waals surface area (Å²) in [6.45, 7) is 3.38. The molecule has 1 N–H and O–H groups in total. The summed E-state index contributed by atoms with van der Waals surface area (Å²) in [5.74, 6) is -0.975. The lowest BCUT2D eigenvalue weighted by molar-refractivity contribution is -0.138. The molecular formula is C7H10N2O3. The summed E-state index contributed by atoms with van der Waals surface area (Å²) in [6, 6.07) is 0. The Bertz CT molecular complexity index is 282. The topological polar surface area (TPSA) is 76.2 Å². The van der Waals surface area contributed by atoms with E-state index in [9.17, 15) is 4.79 Å². The largest absolute Gasteiger partial charge is 0.481 e. The van der Waals surface area contributed by atoms with Crippen LogP contribution in [0.2, 0.25) is 0 Å².